The molecule has 2 aliphatic rings. The third-order valence-electron chi connectivity index (χ3n) is 5.90. The first-order chi connectivity index (χ1) is 14.7. The molecule has 0 unspecified atom stereocenters. The lowest BCUT2D eigenvalue weighted by molar-refractivity contribution is -0.121. The maximum atomic E-state index is 11.7. The van der Waals surface area contributed by atoms with Crippen molar-refractivity contribution in [1.29, 1.82) is 0 Å². The van der Waals surface area contributed by atoms with Gasteiger partial charge in [-0.2, -0.15) is 0 Å². The number of piperidine rings is 1. The largest absolute Gasteiger partial charge is 0.469 e. The number of morpholine rings is 1. The van der Waals surface area contributed by atoms with Crippen LogP contribution in [0.1, 0.15) is 31.4 Å². The Bertz CT molecular complexity index is 635. The van der Waals surface area contributed by atoms with E-state index in [0.717, 1.165) is 96.4 Å². The molecule has 1 amide bonds. The van der Waals surface area contributed by atoms with E-state index < -0.39 is 0 Å². The summed E-state index contributed by atoms with van der Waals surface area (Å²) in [5.74, 6) is 2.58. The number of ether oxygens (including phenoxy) is 1. The molecule has 0 aromatic carbocycles. The fourth-order valence-electron chi connectivity index (χ4n) is 4.04. The number of furan rings is 1. The number of hydrogen-bond donors (Lipinski definition) is 2. The average Bonchev–Trinajstić information content (AvgIpc) is 3.30. The van der Waals surface area contributed by atoms with Gasteiger partial charge in [0.1, 0.15) is 5.76 Å². The molecule has 0 spiro atoms. The third-order valence-corrected chi connectivity index (χ3v) is 5.90. The molecule has 0 radical (unpaired) electrons. The molecule has 0 aliphatic carbocycles. The molecular formula is C22H37N5O3. The van der Waals surface area contributed by atoms with Crippen LogP contribution in [0.15, 0.2) is 27.8 Å². The second-order valence-electron chi connectivity index (χ2n) is 8.08. The number of hydrogen-bond acceptors (Lipinski definition) is 5. The lowest BCUT2D eigenvalue weighted by Crippen LogP contribution is -2.46. The van der Waals surface area contributed by atoms with Crippen LogP contribution in [-0.4, -0.2) is 87.7 Å². The van der Waals surface area contributed by atoms with Crippen molar-refractivity contribution >= 4 is 11.9 Å². The van der Waals surface area contributed by atoms with Crippen LogP contribution in [0.25, 0.3) is 0 Å². The zero-order chi connectivity index (χ0) is 21.0. The van der Waals surface area contributed by atoms with E-state index in [0.29, 0.717) is 12.3 Å². The maximum absolute atomic E-state index is 11.7. The first-order valence-electron chi connectivity index (χ1n) is 11.3. The highest BCUT2D eigenvalue weighted by atomic mass is 16.5. The summed E-state index contributed by atoms with van der Waals surface area (Å²) in [6.07, 6.45) is 6.29. The van der Waals surface area contributed by atoms with E-state index >= 15 is 0 Å². The van der Waals surface area contributed by atoms with Crippen LogP contribution in [0.5, 0.6) is 0 Å². The Labute approximate surface area is 180 Å². The topological polar surface area (TPSA) is 82.3 Å². The number of nitrogens with zero attached hydrogens (tertiary/aromatic N) is 3. The summed E-state index contributed by atoms with van der Waals surface area (Å²) in [6, 6.07) is 3.93. The van der Waals surface area contributed by atoms with Gasteiger partial charge < -0.3 is 24.7 Å². The summed E-state index contributed by atoms with van der Waals surface area (Å²) in [5, 5.41) is 6.28. The van der Waals surface area contributed by atoms with Gasteiger partial charge in [0, 0.05) is 65.7 Å². The number of aliphatic imine (C=N–C) groups is 1. The number of guanidine groups is 1. The van der Waals surface area contributed by atoms with Crippen LogP contribution < -0.4 is 10.6 Å². The van der Waals surface area contributed by atoms with Crippen molar-refractivity contribution in [1.82, 2.24) is 20.4 Å². The van der Waals surface area contributed by atoms with E-state index in [1.165, 1.54) is 0 Å². The Morgan fingerprint density at radius 3 is 2.73 bits per heavy atom. The Kier molecular flexibility index (Phi) is 9.50. The third kappa shape index (κ3) is 7.65. The van der Waals surface area contributed by atoms with Crippen LogP contribution in [-0.2, 0) is 16.0 Å². The van der Waals surface area contributed by atoms with E-state index in [-0.39, 0.29) is 5.91 Å². The Morgan fingerprint density at radius 1 is 1.23 bits per heavy atom. The molecule has 30 heavy (non-hydrogen) atoms. The van der Waals surface area contributed by atoms with Crippen molar-refractivity contribution in [2.75, 3.05) is 66.1 Å². The number of nitrogens with one attached hydrogen (secondary N) is 2. The maximum Gasteiger partial charge on any atom is 0.220 e. The summed E-state index contributed by atoms with van der Waals surface area (Å²) in [6.45, 7) is 8.30. The van der Waals surface area contributed by atoms with Gasteiger partial charge in [0.05, 0.1) is 19.5 Å². The van der Waals surface area contributed by atoms with Gasteiger partial charge in [-0.15, -0.1) is 0 Å². The molecule has 0 saturated carbocycles. The highest BCUT2D eigenvalue weighted by Crippen LogP contribution is 2.20. The molecule has 2 fully saturated rings. The quantitative estimate of drug-likeness (QED) is 0.357. The highest BCUT2D eigenvalue weighted by molar-refractivity contribution is 5.80. The molecule has 168 valence electrons. The van der Waals surface area contributed by atoms with E-state index in [4.69, 9.17) is 14.1 Å². The van der Waals surface area contributed by atoms with Crippen LogP contribution in [0, 0.1) is 5.92 Å². The van der Waals surface area contributed by atoms with E-state index in [1.54, 1.807) is 13.3 Å². The van der Waals surface area contributed by atoms with Crippen molar-refractivity contribution in [3.05, 3.63) is 24.2 Å². The molecule has 3 rings (SSSR count). The molecule has 1 aromatic heterocycles. The number of likely N-dealkylation sites (tertiary alicyclic amines) is 1. The van der Waals surface area contributed by atoms with Gasteiger partial charge in [-0.25, -0.2) is 0 Å². The summed E-state index contributed by atoms with van der Waals surface area (Å²) in [5.41, 5.74) is 0. The smallest absolute Gasteiger partial charge is 0.220 e. The molecule has 3 heterocycles. The molecule has 2 aliphatic heterocycles. The van der Waals surface area contributed by atoms with E-state index in [1.807, 2.05) is 12.1 Å². The first kappa shape index (κ1) is 22.6. The molecule has 8 heteroatoms. The first-order valence-corrected chi connectivity index (χ1v) is 11.3. The van der Waals surface area contributed by atoms with Gasteiger partial charge in [-0.3, -0.25) is 14.7 Å². The number of carbonyl (C=O) groups excluding carboxylic acids is 1. The number of rotatable bonds is 9. The predicted octanol–water partition coefficient (Wildman–Crippen LogP) is 1.34. The summed E-state index contributed by atoms with van der Waals surface area (Å²) in [7, 11) is 1.71. The fourth-order valence-corrected chi connectivity index (χ4v) is 4.04. The molecule has 8 nitrogen and oxygen atoms in total. The van der Waals surface area contributed by atoms with Gasteiger partial charge >= 0.3 is 0 Å². The summed E-state index contributed by atoms with van der Waals surface area (Å²) >= 11 is 0. The van der Waals surface area contributed by atoms with Crippen LogP contribution in [0.4, 0.5) is 0 Å². The van der Waals surface area contributed by atoms with Crippen LogP contribution in [0.3, 0.4) is 0 Å². The second-order valence-corrected chi connectivity index (χ2v) is 8.08. The Balaban J connectivity index is 1.47. The van der Waals surface area contributed by atoms with Crippen LogP contribution in [0.2, 0.25) is 0 Å². The minimum absolute atomic E-state index is 0.141. The van der Waals surface area contributed by atoms with Crippen molar-refractivity contribution in [2.45, 2.75) is 32.1 Å². The van der Waals surface area contributed by atoms with Crippen molar-refractivity contribution in [3.8, 4) is 0 Å². The van der Waals surface area contributed by atoms with E-state index in [9.17, 15) is 4.79 Å². The molecule has 0 atom stereocenters. The standard InChI is InChI=1S/C22H37N5O3/c1-23-21(28)18-19-6-11-27(12-7-19)22(25-9-5-20-4-2-15-30-20)24-8-3-10-26-13-16-29-17-14-26/h2,4,15,19H,3,5-14,16-18H2,1H3,(H,23,28)(H,24,25). The average molecular weight is 420 g/mol. The van der Waals surface area contributed by atoms with Gasteiger partial charge in [0.15, 0.2) is 5.96 Å². The Hall–Kier alpha value is -2.06. The van der Waals surface area contributed by atoms with Gasteiger partial charge in [0.2, 0.25) is 5.91 Å². The Morgan fingerprint density at radius 2 is 2.03 bits per heavy atom. The molecule has 2 N–H and O–H groups in total. The molecular weight excluding hydrogens is 382 g/mol. The van der Waals surface area contributed by atoms with Crippen LogP contribution >= 0.6 is 0 Å². The fraction of sp³-hybridized carbons (Fsp3) is 0.727. The minimum Gasteiger partial charge on any atom is -0.469 e. The monoisotopic (exact) mass is 419 g/mol. The van der Waals surface area contributed by atoms with Crippen molar-refractivity contribution < 1.29 is 13.9 Å². The van der Waals surface area contributed by atoms with Gasteiger partial charge in [0.25, 0.3) is 0 Å². The molecule has 1 aromatic rings. The van der Waals surface area contributed by atoms with Crippen molar-refractivity contribution in [3.63, 3.8) is 0 Å². The predicted molar refractivity (Wildman–Crippen MR) is 118 cm³/mol. The molecule has 2 saturated heterocycles. The van der Waals surface area contributed by atoms with Gasteiger partial charge in [-0.05, 0) is 37.3 Å². The number of carbonyl (C=O) groups is 1. The van der Waals surface area contributed by atoms with Crippen molar-refractivity contribution in [2.24, 2.45) is 10.9 Å². The second kappa shape index (κ2) is 12.6. The van der Waals surface area contributed by atoms with Gasteiger partial charge in [-0.1, -0.05) is 0 Å². The zero-order valence-corrected chi connectivity index (χ0v) is 18.3. The lowest BCUT2D eigenvalue weighted by Gasteiger charge is -2.34. The number of amides is 1. The highest BCUT2D eigenvalue weighted by Gasteiger charge is 2.23. The van der Waals surface area contributed by atoms with E-state index in [2.05, 4.69) is 20.4 Å². The normalized spacial score (nSPS) is 19.1. The zero-order valence-electron chi connectivity index (χ0n) is 18.3. The SMILES string of the molecule is CNC(=O)CC1CCN(C(=NCCCN2CCOCC2)NCCc2ccco2)CC1. The minimum atomic E-state index is 0.141. The molecule has 0 bridgehead atoms. The lowest BCUT2D eigenvalue weighted by atomic mass is 9.93. The summed E-state index contributed by atoms with van der Waals surface area (Å²) in [4.78, 5) is 21.4. The summed E-state index contributed by atoms with van der Waals surface area (Å²) < 4.78 is 10.9.